The van der Waals surface area contributed by atoms with Gasteiger partial charge in [-0.2, -0.15) is 0 Å². The minimum absolute atomic E-state index is 0.160. The number of nitrogens with zero attached hydrogens (tertiary/aromatic N) is 1. The summed E-state index contributed by atoms with van der Waals surface area (Å²) in [7, 11) is -5.95. The van der Waals surface area contributed by atoms with Crippen LogP contribution in [0.4, 0.5) is 5.69 Å². The normalized spacial score (nSPS) is 15.6. The van der Waals surface area contributed by atoms with E-state index >= 15 is 0 Å². The number of para-hydroxylation sites is 1. The Labute approximate surface area is 257 Å². The summed E-state index contributed by atoms with van der Waals surface area (Å²) < 4.78 is 31.2. The van der Waals surface area contributed by atoms with Crippen LogP contribution in [0.15, 0.2) is 84.0 Å². The highest BCUT2D eigenvalue weighted by Gasteiger charge is 2.49. The Kier molecular flexibility index (Phi) is 12.6. The molecular formula is C34H44N2O5SSi. The first-order valence-corrected chi connectivity index (χ1v) is 19.0. The van der Waals surface area contributed by atoms with Crippen LogP contribution in [0.5, 0.6) is 0 Å². The second-order valence-electron chi connectivity index (χ2n) is 11.1. The van der Waals surface area contributed by atoms with E-state index in [2.05, 4.69) is 54.9 Å². The Morgan fingerprint density at radius 1 is 0.930 bits per heavy atom. The average Bonchev–Trinajstić information content (AvgIpc) is 3.26. The molecule has 3 aromatic rings. The molecule has 1 aromatic heterocycles. The third-order valence-corrected chi connectivity index (χ3v) is 15.2. The van der Waals surface area contributed by atoms with Crippen LogP contribution >= 0.6 is 0 Å². The molecule has 0 fully saturated rings. The number of unbranched alkanes of at least 4 members (excludes halogenated alkanes) is 3. The first-order valence-electron chi connectivity index (χ1n) is 15.1. The molecule has 1 aliphatic rings. The number of anilines is 1. The van der Waals surface area contributed by atoms with Crippen LogP contribution in [-0.2, 0) is 19.7 Å². The molecule has 4 rings (SSSR count). The van der Waals surface area contributed by atoms with Gasteiger partial charge in [0, 0.05) is 35.8 Å². The highest BCUT2D eigenvalue weighted by molar-refractivity contribution is 7.85. The van der Waals surface area contributed by atoms with Crippen molar-refractivity contribution in [2.24, 2.45) is 0 Å². The second-order valence-corrected chi connectivity index (χ2v) is 17.6. The molecule has 230 valence electrons. The van der Waals surface area contributed by atoms with E-state index in [1.54, 1.807) is 18.2 Å². The van der Waals surface area contributed by atoms with Gasteiger partial charge in [-0.3, -0.25) is 9.59 Å². The molecule has 1 unspecified atom stereocenters. The van der Waals surface area contributed by atoms with Gasteiger partial charge in [-0.05, 0) is 68.3 Å². The number of hydrogen-bond donors (Lipinski definition) is 0. The highest BCUT2D eigenvalue weighted by atomic mass is 32.2. The van der Waals surface area contributed by atoms with Crippen molar-refractivity contribution in [2.75, 3.05) is 4.90 Å². The van der Waals surface area contributed by atoms with Gasteiger partial charge in [0.05, 0.1) is 4.90 Å². The van der Waals surface area contributed by atoms with E-state index in [0.29, 0.717) is 18.5 Å². The zero-order chi connectivity index (χ0) is 31.5. The second kappa shape index (κ2) is 15.9. The number of carbonyl (C=O) groups is 2. The van der Waals surface area contributed by atoms with Crippen molar-refractivity contribution in [3.8, 4) is 0 Å². The first-order chi connectivity index (χ1) is 20.5. The fourth-order valence-electron chi connectivity index (χ4n) is 5.90. The monoisotopic (exact) mass is 620 g/mol. The van der Waals surface area contributed by atoms with Gasteiger partial charge in [-0.15, -0.1) is 0 Å². The number of benzene rings is 2. The molecule has 7 nitrogen and oxygen atoms in total. The number of hydrogen-bond acceptors (Lipinski definition) is 5. The van der Waals surface area contributed by atoms with Crippen LogP contribution < -0.4 is 15.1 Å². The van der Waals surface area contributed by atoms with Crippen molar-refractivity contribution >= 4 is 46.8 Å². The Morgan fingerprint density at radius 3 is 2.19 bits per heavy atom. The standard InChI is InChI=1S/C27H36N2O2Si.C7H8O3S/c1-4-32(5-2)22(3)29(25-15-10-11-16-26(25)32)27(31)17-9-7-6-8-14-24(30)19-18-23-13-12-20-28-21-23;1-6-2-4-7(5-3-6)11(8,9)10/h10-13,15-16,18-22H,4-9,14,17H2,1-3H3;2-5H,1H3,(H,8,9,10)/b19-18+;. The predicted molar refractivity (Wildman–Crippen MR) is 174 cm³/mol. The summed E-state index contributed by atoms with van der Waals surface area (Å²) in [6, 6.07) is 20.6. The van der Waals surface area contributed by atoms with Gasteiger partial charge in [0.15, 0.2) is 18.2 Å². The number of pyridine rings is 1. The summed E-state index contributed by atoms with van der Waals surface area (Å²) in [6.45, 7) is 8.68. The highest BCUT2D eigenvalue weighted by Crippen LogP contribution is 2.36. The molecule has 43 heavy (non-hydrogen) atoms. The van der Waals surface area contributed by atoms with E-state index in [1.807, 2.05) is 37.5 Å². The van der Waals surface area contributed by atoms with E-state index in [4.69, 9.17) is 0 Å². The van der Waals surface area contributed by atoms with Gasteiger partial charge < -0.3 is 9.45 Å². The number of allylic oxidation sites excluding steroid dienone is 1. The lowest BCUT2D eigenvalue weighted by atomic mass is 10.1. The quantitative estimate of drug-likeness (QED) is 0.107. The van der Waals surface area contributed by atoms with Crippen molar-refractivity contribution < 1.29 is 27.5 Å². The van der Waals surface area contributed by atoms with E-state index in [-0.39, 0.29) is 16.6 Å². The lowest BCUT2D eigenvalue weighted by molar-refractivity contribution is -0.378. The number of fused-ring (bicyclic) bond motifs is 1. The molecule has 0 saturated heterocycles. The molecule has 0 bridgehead atoms. The van der Waals surface area contributed by atoms with Gasteiger partial charge in [0.2, 0.25) is 5.91 Å². The average molecular weight is 621 g/mol. The number of rotatable bonds is 12. The summed E-state index contributed by atoms with van der Waals surface area (Å²) in [4.78, 5) is 30.2. The van der Waals surface area contributed by atoms with Crippen LogP contribution in [0.25, 0.3) is 6.08 Å². The molecule has 2 heterocycles. The third kappa shape index (κ3) is 9.05. The van der Waals surface area contributed by atoms with Gasteiger partial charge in [-0.1, -0.05) is 74.7 Å². The maximum Gasteiger partial charge on any atom is 0.226 e. The summed E-state index contributed by atoms with van der Waals surface area (Å²) in [5.41, 5.74) is 3.41. The number of aromatic nitrogens is 1. The molecule has 1 amide bonds. The van der Waals surface area contributed by atoms with Gasteiger partial charge in [-0.25, -0.2) is 13.4 Å². The smallest absolute Gasteiger partial charge is 0.226 e. The maximum atomic E-state index is 13.2. The number of H-pyrrole nitrogens is 1. The van der Waals surface area contributed by atoms with Gasteiger partial charge in [0.25, 0.3) is 0 Å². The van der Waals surface area contributed by atoms with Crippen LogP contribution in [-0.4, -0.2) is 38.4 Å². The van der Waals surface area contributed by atoms with Crippen LogP contribution in [0.1, 0.15) is 70.4 Å². The molecule has 1 atom stereocenters. The number of carbonyl (C=O) groups excluding carboxylic acids is 2. The van der Waals surface area contributed by atoms with Crippen LogP contribution in [0, 0.1) is 6.92 Å². The molecule has 2 aromatic carbocycles. The van der Waals surface area contributed by atoms with E-state index in [1.165, 1.54) is 29.4 Å². The molecule has 0 radical (unpaired) electrons. The first kappa shape index (κ1) is 34.1. The fourth-order valence-corrected chi connectivity index (χ4v) is 11.2. The molecule has 0 saturated carbocycles. The van der Waals surface area contributed by atoms with Crippen molar-refractivity contribution in [1.29, 1.82) is 0 Å². The molecule has 9 heteroatoms. The number of aromatic amines is 1. The summed E-state index contributed by atoms with van der Waals surface area (Å²) in [5.74, 6) is 0.424. The number of ketones is 1. The third-order valence-electron chi connectivity index (χ3n) is 8.48. The largest absolute Gasteiger partial charge is 0.744 e. The van der Waals surface area contributed by atoms with Crippen molar-refractivity contribution in [2.45, 2.75) is 88.9 Å². The van der Waals surface area contributed by atoms with Gasteiger partial charge >= 0.3 is 0 Å². The molecular weight excluding hydrogens is 577 g/mol. The van der Waals surface area contributed by atoms with Crippen molar-refractivity contribution in [1.82, 2.24) is 0 Å². The van der Waals surface area contributed by atoms with E-state index < -0.39 is 18.2 Å². The predicted octanol–water partition coefficient (Wildman–Crippen LogP) is 5.99. The maximum absolute atomic E-state index is 13.2. The molecule has 1 N–H and O–H groups in total. The minimum Gasteiger partial charge on any atom is -0.744 e. The van der Waals surface area contributed by atoms with Crippen LogP contribution in [0.3, 0.4) is 0 Å². The Balaban J connectivity index is 0.000000386. The number of nitrogens with one attached hydrogen (secondary N) is 1. The summed E-state index contributed by atoms with van der Waals surface area (Å²) in [5, 5.41) is 1.46. The van der Waals surface area contributed by atoms with E-state index in [0.717, 1.165) is 42.5 Å². The minimum atomic E-state index is -4.27. The molecule has 0 spiro atoms. The molecule has 0 aliphatic carbocycles. The lowest BCUT2D eigenvalue weighted by Gasteiger charge is -2.33. The SMILES string of the molecule is CC[Si]1(CC)c2ccccc2N(C(=O)CCCCCCC(=O)/C=C/c2ccc[nH+]c2)C1C.Cc1ccc(S(=O)(=O)[O-])cc1. The number of amides is 1. The molecule has 1 aliphatic heterocycles. The summed E-state index contributed by atoms with van der Waals surface area (Å²) in [6.07, 6.45) is 12.1. The Bertz CT molecular complexity index is 1490. The Hall–Kier alpha value is -3.40. The zero-order valence-corrected chi connectivity index (χ0v) is 27.5. The topological polar surface area (TPSA) is 109 Å². The van der Waals surface area contributed by atoms with Crippen molar-refractivity contribution in [3.05, 3.63) is 90.3 Å². The van der Waals surface area contributed by atoms with Crippen molar-refractivity contribution in [3.63, 3.8) is 0 Å². The lowest BCUT2D eigenvalue weighted by Crippen LogP contribution is -2.55. The Morgan fingerprint density at radius 2 is 1.58 bits per heavy atom. The number of aryl methyl sites for hydroxylation is 1. The van der Waals surface area contributed by atoms with E-state index in [9.17, 15) is 22.6 Å². The fraction of sp³-hybridized carbons (Fsp3) is 0.382. The van der Waals surface area contributed by atoms with Gasteiger partial charge in [0.1, 0.15) is 18.2 Å². The summed E-state index contributed by atoms with van der Waals surface area (Å²) >= 11 is 0. The van der Waals surface area contributed by atoms with Crippen LogP contribution in [0.2, 0.25) is 12.1 Å². The zero-order valence-electron chi connectivity index (χ0n) is 25.7.